The summed E-state index contributed by atoms with van der Waals surface area (Å²) in [6.07, 6.45) is -2.92. The molecule has 4 nitrogen and oxygen atoms in total. The second kappa shape index (κ2) is 9.63. The highest BCUT2D eigenvalue weighted by atomic mass is 19.4. The highest BCUT2D eigenvalue weighted by Gasteiger charge is 2.28. The lowest BCUT2D eigenvalue weighted by Crippen LogP contribution is -2.19. The number of hydrogen-bond donors (Lipinski definition) is 1. The highest BCUT2D eigenvalue weighted by Crippen LogP contribution is 2.31. The molecule has 0 aliphatic heterocycles. The number of pyridine rings is 1. The number of aromatic nitrogens is 1. The molecule has 2 aromatic carbocycles. The third-order valence-corrected chi connectivity index (χ3v) is 4.61. The van der Waals surface area contributed by atoms with E-state index >= 15 is 0 Å². The van der Waals surface area contributed by atoms with Gasteiger partial charge >= 0.3 is 6.18 Å². The lowest BCUT2D eigenvalue weighted by atomic mass is 10.0. The highest BCUT2D eigenvalue weighted by molar-refractivity contribution is 5.70. The first-order valence-corrected chi connectivity index (χ1v) is 9.47. The Morgan fingerprint density at radius 2 is 1.80 bits per heavy atom. The molecule has 30 heavy (non-hydrogen) atoms. The maximum Gasteiger partial charge on any atom is 0.422 e. The molecule has 1 N–H and O–H groups in total. The summed E-state index contributed by atoms with van der Waals surface area (Å²) in [6, 6.07) is 19.2. The molecule has 1 aromatic heterocycles. The minimum Gasteiger partial charge on any atom is -0.496 e. The van der Waals surface area contributed by atoms with Gasteiger partial charge in [-0.3, -0.25) is 0 Å². The molecule has 0 bridgehead atoms. The molecular formula is C23H23F3N2O2. The molecule has 0 unspecified atom stereocenters. The van der Waals surface area contributed by atoms with Crippen LogP contribution in [-0.2, 0) is 6.54 Å². The summed E-state index contributed by atoms with van der Waals surface area (Å²) in [5.74, 6) is 0.574. The third-order valence-electron chi connectivity index (χ3n) is 4.61. The van der Waals surface area contributed by atoms with Gasteiger partial charge in [0.15, 0.2) is 6.61 Å². The minimum absolute atomic E-state index is 0.0791. The summed E-state index contributed by atoms with van der Waals surface area (Å²) >= 11 is 0. The van der Waals surface area contributed by atoms with E-state index in [9.17, 15) is 13.2 Å². The zero-order valence-corrected chi connectivity index (χ0v) is 16.7. The summed E-state index contributed by atoms with van der Waals surface area (Å²) in [6.45, 7) is 1.38. The standard InChI is InChI=1S/C23H23F3N2O2/c1-16(18-6-4-3-5-7-18)27-13-17-8-10-21(29-2)20(12-17)19-9-11-22(28-14-19)30-15-23(24,25)26/h3-12,14,16,27H,13,15H2,1-2H3/t16-/m1/s1. The molecule has 158 valence electrons. The summed E-state index contributed by atoms with van der Waals surface area (Å²) in [5.41, 5.74) is 3.78. The van der Waals surface area contributed by atoms with E-state index in [4.69, 9.17) is 4.74 Å². The molecular weight excluding hydrogens is 393 g/mol. The molecule has 0 fully saturated rings. The summed E-state index contributed by atoms with van der Waals surface area (Å²) in [4.78, 5) is 3.98. The van der Waals surface area contributed by atoms with Gasteiger partial charge in [-0.15, -0.1) is 0 Å². The van der Waals surface area contributed by atoms with Crippen molar-refractivity contribution in [1.29, 1.82) is 0 Å². The Balaban J connectivity index is 1.73. The van der Waals surface area contributed by atoms with Gasteiger partial charge in [0.25, 0.3) is 0 Å². The van der Waals surface area contributed by atoms with Crippen LogP contribution in [0.1, 0.15) is 24.1 Å². The van der Waals surface area contributed by atoms with Crippen LogP contribution >= 0.6 is 0 Å². The Morgan fingerprint density at radius 1 is 1.03 bits per heavy atom. The Bertz CT molecular complexity index is 945. The summed E-state index contributed by atoms with van der Waals surface area (Å²) in [5, 5.41) is 3.49. The number of ether oxygens (including phenoxy) is 2. The largest absolute Gasteiger partial charge is 0.496 e. The molecule has 1 atom stereocenters. The lowest BCUT2D eigenvalue weighted by molar-refractivity contribution is -0.154. The molecule has 0 saturated carbocycles. The zero-order chi connectivity index (χ0) is 21.6. The maximum atomic E-state index is 12.3. The normalized spacial score (nSPS) is 12.4. The van der Waals surface area contributed by atoms with Gasteiger partial charge in [-0.2, -0.15) is 13.2 Å². The Labute approximate surface area is 173 Å². The van der Waals surface area contributed by atoms with Gasteiger partial charge < -0.3 is 14.8 Å². The van der Waals surface area contributed by atoms with Crippen molar-refractivity contribution in [3.05, 3.63) is 78.0 Å². The van der Waals surface area contributed by atoms with Crippen molar-refractivity contribution in [1.82, 2.24) is 10.3 Å². The van der Waals surface area contributed by atoms with Crippen molar-refractivity contribution < 1.29 is 22.6 Å². The second-order valence-electron chi connectivity index (χ2n) is 6.84. The summed E-state index contributed by atoms with van der Waals surface area (Å²) < 4.78 is 47.0. The molecule has 0 aliphatic rings. The van der Waals surface area contributed by atoms with Gasteiger partial charge in [-0.1, -0.05) is 36.4 Å². The Morgan fingerprint density at radius 3 is 2.43 bits per heavy atom. The van der Waals surface area contributed by atoms with Crippen LogP contribution in [-0.4, -0.2) is 24.9 Å². The Hall–Kier alpha value is -3.06. The number of hydrogen-bond acceptors (Lipinski definition) is 4. The number of nitrogens with zero attached hydrogens (tertiary/aromatic N) is 1. The lowest BCUT2D eigenvalue weighted by Gasteiger charge is -2.16. The molecule has 7 heteroatoms. The number of halogens is 3. The number of nitrogens with one attached hydrogen (secondary N) is 1. The molecule has 0 radical (unpaired) electrons. The fraction of sp³-hybridized carbons (Fsp3) is 0.261. The van der Waals surface area contributed by atoms with Crippen LogP contribution in [0.3, 0.4) is 0 Å². The van der Waals surface area contributed by atoms with Crippen LogP contribution in [0.5, 0.6) is 11.6 Å². The van der Waals surface area contributed by atoms with Crippen molar-refractivity contribution in [2.75, 3.05) is 13.7 Å². The molecule has 0 amide bonds. The van der Waals surface area contributed by atoms with Gasteiger partial charge in [0.2, 0.25) is 5.88 Å². The van der Waals surface area contributed by atoms with Crippen molar-refractivity contribution in [2.45, 2.75) is 25.7 Å². The predicted octanol–water partition coefficient (Wildman–Crippen LogP) is 5.55. The average molecular weight is 416 g/mol. The number of methoxy groups -OCH3 is 1. The van der Waals surface area contributed by atoms with E-state index in [0.29, 0.717) is 12.3 Å². The van der Waals surface area contributed by atoms with Crippen molar-refractivity contribution in [3.8, 4) is 22.8 Å². The number of rotatable bonds is 8. The maximum absolute atomic E-state index is 12.3. The number of benzene rings is 2. The van der Waals surface area contributed by atoms with Crippen molar-refractivity contribution >= 4 is 0 Å². The van der Waals surface area contributed by atoms with Crippen molar-refractivity contribution in [2.24, 2.45) is 0 Å². The smallest absolute Gasteiger partial charge is 0.422 e. The quantitative estimate of drug-likeness (QED) is 0.523. The second-order valence-corrected chi connectivity index (χ2v) is 6.84. The molecule has 3 rings (SSSR count). The van der Waals surface area contributed by atoms with Crippen LogP contribution in [0, 0.1) is 0 Å². The van der Waals surface area contributed by atoms with Crippen LogP contribution in [0.15, 0.2) is 66.9 Å². The predicted molar refractivity (Wildman–Crippen MR) is 109 cm³/mol. The van der Waals surface area contributed by atoms with Gasteiger partial charge in [-0.05, 0) is 36.2 Å². The van der Waals surface area contributed by atoms with Crippen LogP contribution in [0.25, 0.3) is 11.1 Å². The van der Waals surface area contributed by atoms with E-state index < -0.39 is 12.8 Å². The van der Waals surface area contributed by atoms with E-state index in [-0.39, 0.29) is 11.9 Å². The summed E-state index contributed by atoms with van der Waals surface area (Å²) in [7, 11) is 1.57. The SMILES string of the molecule is COc1ccc(CN[C@H](C)c2ccccc2)cc1-c1ccc(OCC(F)(F)F)nc1. The van der Waals surface area contributed by atoms with E-state index in [1.807, 2.05) is 36.4 Å². The molecule has 0 aliphatic carbocycles. The Kier molecular flexibility index (Phi) is 6.95. The van der Waals surface area contributed by atoms with Gasteiger partial charge in [0, 0.05) is 36.0 Å². The first-order chi connectivity index (χ1) is 14.4. The van der Waals surface area contributed by atoms with Gasteiger partial charge in [0.05, 0.1) is 7.11 Å². The first-order valence-electron chi connectivity index (χ1n) is 9.47. The van der Waals surface area contributed by atoms with Gasteiger partial charge in [0.1, 0.15) is 5.75 Å². The van der Waals surface area contributed by atoms with Crippen molar-refractivity contribution in [3.63, 3.8) is 0 Å². The molecule has 0 saturated heterocycles. The first kappa shape index (κ1) is 21.6. The van der Waals surface area contributed by atoms with Gasteiger partial charge in [-0.25, -0.2) is 4.98 Å². The van der Waals surface area contributed by atoms with Crippen LogP contribution in [0.2, 0.25) is 0 Å². The minimum atomic E-state index is -4.40. The van der Waals surface area contributed by atoms with Crippen LogP contribution < -0.4 is 14.8 Å². The average Bonchev–Trinajstić information content (AvgIpc) is 2.76. The molecule has 1 heterocycles. The van der Waals surface area contributed by atoms with E-state index in [2.05, 4.69) is 34.1 Å². The zero-order valence-electron chi connectivity index (χ0n) is 16.7. The third kappa shape index (κ3) is 5.97. The topological polar surface area (TPSA) is 43.4 Å². The fourth-order valence-corrected chi connectivity index (χ4v) is 3.00. The van der Waals surface area contributed by atoms with E-state index in [0.717, 1.165) is 16.7 Å². The molecule has 3 aromatic rings. The molecule has 0 spiro atoms. The fourth-order valence-electron chi connectivity index (χ4n) is 3.00. The van der Waals surface area contributed by atoms with E-state index in [1.54, 1.807) is 13.2 Å². The monoisotopic (exact) mass is 416 g/mol. The number of alkyl halides is 3. The van der Waals surface area contributed by atoms with Crippen LogP contribution in [0.4, 0.5) is 13.2 Å². The van der Waals surface area contributed by atoms with E-state index in [1.165, 1.54) is 17.8 Å².